The highest BCUT2D eigenvalue weighted by Crippen LogP contribution is 2.28. The number of hydrogen-bond donors (Lipinski definition) is 2. The smallest absolute Gasteiger partial charge is 0.248 e. The van der Waals surface area contributed by atoms with Crippen LogP contribution in [0.25, 0.3) is 0 Å². The maximum atomic E-state index is 13.3. The highest BCUT2D eigenvalue weighted by Gasteiger charge is 2.42. The summed E-state index contributed by atoms with van der Waals surface area (Å²) in [4.78, 5) is 13.3. The summed E-state index contributed by atoms with van der Waals surface area (Å²) in [6, 6.07) is 1.70. The molecule has 0 aromatic carbocycles. The van der Waals surface area contributed by atoms with Crippen molar-refractivity contribution in [2.45, 2.75) is 63.6 Å². The van der Waals surface area contributed by atoms with Crippen LogP contribution in [-0.2, 0) is 23.3 Å². The van der Waals surface area contributed by atoms with Gasteiger partial charge in [-0.25, -0.2) is 0 Å². The fraction of sp³-hybridized carbons (Fsp3) is 0.667. The van der Waals surface area contributed by atoms with Gasteiger partial charge in [0.05, 0.1) is 6.04 Å². The summed E-state index contributed by atoms with van der Waals surface area (Å²) in [6.45, 7) is 4.55. The molecule has 2 aromatic heterocycles. The maximum absolute atomic E-state index is 13.3. The molecule has 1 fully saturated rings. The van der Waals surface area contributed by atoms with Crippen LogP contribution in [0.5, 0.6) is 0 Å². The number of aromatic nitrogens is 5. The Bertz CT molecular complexity index is 746. The van der Waals surface area contributed by atoms with Gasteiger partial charge in [-0.3, -0.25) is 9.48 Å². The average molecular weight is 357 g/mol. The van der Waals surface area contributed by atoms with Crippen LogP contribution in [0.1, 0.15) is 56.7 Å². The highest BCUT2D eigenvalue weighted by atomic mass is 16.2. The number of carbonyl (C=O) groups excluding carboxylic acids is 1. The number of rotatable bonds is 4. The molecule has 4 heterocycles. The van der Waals surface area contributed by atoms with E-state index in [2.05, 4.69) is 30.5 Å². The number of aryl methyl sites for hydroxylation is 1. The first-order valence-corrected chi connectivity index (χ1v) is 9.64. The summed E-state index contributed by atoms with van der Waals surface area (Å²) >= 11 is 0. The molecule has 1 amide bonds. The lowest BCUT2D eigenvalue weighted by molar-refractivity contribution is -0.132. The fourth-order valence-electron chi connectivity index (χ4n) is 4.15. The van der Waals surface area contributed by atoms with E-state index in [0.29, 0.717) is 0 Å². The lowest BCUT2D eigenvalue weighted by atomic mass is 9.87. The first-order chi connectivity index (χ1) is 12.7. The van der Waals surface area contributed by atoms with Gasteiger partial charge in [0.2, 0.25) is 5.91 Å². The number of amides is 1. The highest BCUT2D eigenvalue weighted by molar-refractivity contribution is 5.84. The van der Waals surface area contributed by atoms with E-state index in [1.165, 1.54) is 6.42 Å². The van der Waals surface area contributed by atoms with E-state index in [1.807, 2.05) is 23.9 Å². The Morgan fingerprint density at radius 3 is 2.88 bits per heavy atom. The van der Waals surface area contributed by atoms with Crippen molar-refractivity contribution in [1.29, 1.82) is 0 Å². The molecule has 0 bridgehead atoms. The number of hydrogen-bond acceptors (Lipinski definition) is 5. The van der Waals surface area contributed by atoms with Crippen molar-refractivity contribution in [2.24, 2.45) is 0 Å². The molecular formula is C18H27N7O. The van der Waals surface area contributed by atoms with Crippen LogP contribution in [0.4, 0.5) is 0 Å². The number of carbonyl (C=O) groups is 1. The lowest BCUT2D eigenvalue weighted by Crippen LogP contribution is -2.55. The van der Waals surface area contributed by atoms with E-state index in [0.717, 1.165) is 63.4 Å². The summed E-state index contributed by atoms with van der Waals surface area (Å²) < 4.78 is 4.02. The minimum absolute atomic E-state index is 0.0150. The first kappa shape index (κ1) is 17.2. The van der Waals surface area contributed by atoms with Gasteiger partial charge < -0.3 is 15.2 Å². The predicted molar refractivity (Wildman–Crippen MR) is 96.4 cm³/mol. The van der Waals surface area contributed by atoms with Crippen molar-refractivity contribution in [3.8, 4) is 0 Å². The summed E-state index contributed by atoms with van der Waals surface area (Å²) in [6.07, 6.45) is 9.57. The molecule has 0 saturated carbocycles. The fourth-order valence-corrected chi connectivity index (χ4v) is 4.15. The zero-order valence-electron chi connectivity index (χ0n) is 15.3. The molecule has 0 spiro atoms. The first-order valence-electron chi connectivity index (χ1n) is 9.64. The molecule has 1 atom stereocenters. The Kier molecular flexibility index (Phi) is 4.76. The zero-order valence-corrected chi connectivity index (χ0v) is 15.3. The molecule has 2 aliphatic heterocycles. The van der Waals surface area contributed by atoms with Gasteiger partial charge in [-0.15, -0.1) is 10.2 Å². The number of piperidine rings is 1. The SMILES string of the molecule is C[C@@H](NC(=O)C1(n2cccn2)CCNCC1)c1nnc2n1CCCCC2. The Morgan fingerprint density at radius 2 is 2.12 bits per heavy atom. The monoisotopic (exact) mass is 357 g/mol. The van der Waals surface area contributed by atoms with E-state index >= 15 is 0 Å². The molecule has 8 nitrogen and oxygen atoms in total. The molecule has 0 aliphatic carbocycles. The molecule has 2 aromatic rings. The average Bonchev–Trinajstić information content (AvgIpc) is 3.28. The van der Waals surface area contributed by atoms with Gasteiger partial charge in [0, 0.05) is 25.4 Å². The Balaban J connectivity index is 1.56. The van der Waals surface area contributed by atoms with E-state index in [1.54, 1.807) is 6.20 Å². The quantitative estimate of drug-likeness (QED) is 0.857. The van der Waals surface area contributed by atoms with Crippen LogP contribution >= 0.6 is 0 Å². The van der Waals surface area contributed by atoms with Gasteiger partial charge in [0.1, 0.15) is 11.4 Å². The number of nitrogens with one attached hydrogen (secondary N) is 2. The van der Waals surface area contributed by atoms with E-state index in [4.69, 9.17) is 0 Å². The van der Waals surface area contributed by atoms with Crippen molar-refractivity contribution in [1.82, 2.24) is 35.2 Å². The van der Waals surface area contributed by atoms with Gasteiger partial charge >= 0.3 is 0 Å². The molecule has 1 saturated heterocycles. The van der Waals surface area contributed by atoms with Gasteiger partial charge in [0.15, 0.2) is 5.82 Å². The minimum atomic E-state index is -0.634. The predicted octanol–water partition coefficient (Wildman–Crippen LogP) is 1.16. The second-order valence-electron chi connectivity index (χ2n) is 7.36. The van der Waals surface area contributed by atoms with Crippen LogP contribution in [0.3, 0.4) is 0 Å². The van der Waals surface area contributed by atoms with Crippen LogP contribution in [-0.4, -0.2) is 43.5 Å². The maximum Gasteiger partial charge on any atom is 0.248 e. The summed E-state index contributed by atoms with van der Waals surface area (Å²) in [5, 5.41) is 19.7. The van der Waals surface area contributed by atoms with Crippen molar-refractivity contribution < 1.29 is 4.79 Å². The van der Waals surface area contributed by atoms with Crippen LogP contribution in [0.2, 0.25) is 0 Å². The van der Waals surface area contributed by atoms with Crippen LogP contribution < -0.4 is 10.6 Å². The van der Waals surface area contributed by atoms with E-state index in [9.17, 15) is 4.79 Å². The molecule has 2 aliphatic rings. The number of fused-ring (bicyclic) bond motifs is 1. The van der Waals surface area contributed by atoms with Crippen molar-refractivity contribution >= 4 is 5.91 Å². The van der Waals surface area contributed by atoms with E-state index < -0.39 is 5.54 Å². The summed E-state index contributed by atoms with van der Waals surface area (Å²) in [7, 11) is 0. The third kappa shape index (κ3) is 3.02. The van der Waals surface area contributed by atoms with Crippen molar-refractivity contribution in [3.63, 3.8) is 0 Å². The molecule has 2 N–H and O–H groups in total. The Hall–Kier alpha value is -2.22. The molecular weight excluding hydrogens is 330 g/mol. The lowest BCUT2D eigenvalue weighted by Gasteiger charge is -2.37. The summed E-state index contributed by atoms with van der Waals surface area (Å²) in [5.41, 5.74) is -0.634. The molecule has 0 unspecified atom stereocenters. The summed E-state index contributed by atoms with van der Waals surface area (Å²) in [5.74, 6) is 1.92. The van der Waals surface area contributed by atoms with Gasteiger partial charge in [-0.2, -0.15) is 5.10 Å². The van der Waals surface area contributed by atoms with Gasteiger partial charge in [-0.1, -0.05) is 6.42 Å². The van der Waals surface area contributed by atoms with Gasteiger partial charge in [0.25, 0.3) is 0 Å². The Labute approximate surface area is 153 Å². The molecule has 26 heavy (non-hydrogen) atoms. The van der Waals surface area contributed by atoms with Crippen molar-refractivity contribution in [2.75, 3.05) is 13.1 Å². The van der Waals surface area contributed by atoms with Crippen LogP contribution in [0, 0.1) is 0 Å². The van der Waals surface area contributed by atoms with Crippen LogP contribution in [0.15, 0.2) is 18.5 Å². The minimum Gasteiger partial charge on any atom is -0.344 e. The van der Waals surface area contributed by atoms with Gasteiger partial charge in [-0.05, 0) is 51.8 Å². The Morgan fingerprint density at radius 1 is 1.27 bits per heavy atom. The normalized spacial score (nSPS) is 20.8. The van der Waals surface area contributed by atoms with E-state index in [-0.39, 0.29) is 11.9 Å². The molecule has 0 radical (unpaired) electrons. The zero-order chi connectivity index (χ0) is 18.0. The third-order valence-electron chi connectivity index (χ3n) is 5.67. The molecule has 140 valence electrons. The second kappa shape index (κ2) is 7.19. The topological polar surface area (TPSA) is 89.7 Å². The second-order valence-corrected chi connectivity index (χ2v) is 7.36. The van der Waals surface area contributed by atoms with Crippen molar-refractivity contribution in [3.05, 3.63) is 30.1 Å². The number of nitrogens with zero attached hydrogens (tertiary/aromatic N) is 5. The third-order valence-corrected chi connectivity index (χ3v) is 5.67. The standard InChI is InChI=1S/C18H27N7O/c1-14(16-23-22-15-6-3-2-4-12-24(15)16)21-17(26)18(7-10-19-11-8-18)25-13-5-9-20-25/h5,9,13-14,19H,2-4,6-8,10-12H2,1H3,(H,21,26)/t14-/m1/s1. The molecule has 4 rings (SSSR count). The largest absolute Gasteiger partial charge is 0.344 e. The molecule has 8 heteroatoms.